The molecule has 0 saturated heterocycles. The van der Waals surface area contributed by atoms with E-state index >= 15 is 0 Å². The topological polar surface area (TPSA) is 70.4 Å². The third-order valence-corrected chi connectivity index (χ3v) is 5.48. The van der Waals surface area contributed by atoms with E-state index in [1.807, 2.05) is 45.0 Å². The van der Waals surface area contributed by atoms with Gasteiger partial charge in [-0.25, -0.2) is 9.78 Å². The Morgan fingerprint density at radius 1 is 1.26 bits per heavy atom. The molecule has 0 bridgehead atoms. The van der Waals surface area contributed by atoms with Crippen molar-refractivity contribution >= 4 is 27.5 Å². The maximum absolute atomic E-state index is 13.2. The molecule has 0 radical (unpaired) electrons. The van der Waals surface area contributed by atoms with Crippen LogP contribution in [0, 0.1) is 6.92 Å². The minimum atomic E-state index is -0.687. The van der Waals surface area contributed by atoms with Crippen LogP contribution in [-0.4, -0.2) is 29.2 Å². The van der Waals surface area contributed by atoms with E-state index in [9.17, 15) is 9.59 Å². The minimum Gasteiger partial charge on any atom is -0.494 e. The molecular weight excluding hydrogens is 364 g/mol. The second-order valence-electron chi connectivity index (χ2n) is 6.07. The SMILES string of the molecule is CCOc1ccc(-c2c(C)sc3ncn([C@@H](CC)C(=O)OC)c(=O)c23)cc1. The summed E-state index contributed by atoms with van der Waals surface area (Å²) in [5, 5.41) is 0.534. The summed E-state index contributed by atoms with van der Waals surface area (Å²) in [7, 11) is 1.32. The lowest BCUT2D eigenvalue weighted by molar-refractivity contribution is -0.144. The van der Waals surface area contributed by atoms with E-state index in [0.717, 1.165) is 21.8 Å². The Balaban J connectivity index is 2.19. The van der Waals surface area contributed by atoms with Crippen molar-refractivity contribution in [3.8, 4) is 16.9 Å². The van der Waals surface area contributed by atoms with E-state index in [-0.39, 0.29) is 5.56 Å². The number of rotatable bonds is 6. The first-order chi connectivity index (χ1) is 13.0. The van der Waals surface area contributed by atoms with Gasteiger partial charge in [0.05, 0.1) is 25.4 Å². The number of methoxy groups -OCH3 is 1. The highest BCUT2D eigenvalue weighted by Crippen LogP contribution is 2.36. The third-order valence-electron chi connectivity index (χ3n) is 4.46. The number of aromatic nitrogens is 2. The molecule has 0 N–H and O–H groups in total. The van der Waals surface area contributed by atoms with Crippen molar-refractivity contribution in [2.75, 3.05) is 13.7 Å². The number of hydrogen-bond donors (Lipinski definition) is 0. The molecule has 0 aliphatic rings. The number of benzene rings is 1. The van der Waals surface area contributed by atoms with Gasteiger partial charge in [0, 0.05) is 10.4 Å². The van der Waals surface area contributed by atoms with Crippen molar-refractivity contribution in [3.63, 3.8) is 0 Å². The van der Waals surface area contributed by atoms with Crippen molar-refractivity contribution < 1.29 is 14.3 Å². The molecule has 6 nitrogen and oxygen atoms in total. The lowest BCUT2D eigenvalue weighted by Gasteiger charge is -2.15. The quantitative estimate of drug-likeness (QED) is 0.600. The minimum absolute atomic E-state index is 0.231. The van der Waals surface area contributed by atoms with Gasteiger partial charge in [0.1, 0.15) is 16.6 Å². The predicted octanol–water partition coefficient (Wildman–Crippen LogP) is 3.96. The van der Waals surface area contributed by atoms with Crippen LogP contribution in [0.2, 0.25) is 0 Å². The Morgan fingerprint density at radius 3 is 2.56 bits per heavy atom. The van der Waals surface area contributed by atoms with Crippen molar-refractivity contribution in [1.29, 1.82) is 0 Å². The Kier molecular flexibility index (Phi) is 5.60. The van der Waals surface area contributed by atoms with E-state index in [2.05, 4.69) is 4.98 Å². The second-order valence-corrected chi connectivity index (χ2v) is 7.28. The summed E-state index contributed by atoms with van der Waals surface area (Å²) in [6.07, 6.45) is 1.88. The van der Waals surface area contributed by atoms with E-state index in [0.29, 0.717) is 23.2 Å². The highest BCUT2D eigenvalue weighted by atomic mass is 32.1. The maximum atomic E-state index is 13.2. The zero-order chi connectivity index (χ0) is 19.6. The Morgan fingerprint density at radius 2 is 1.96 bits per heavy atom. The molecule has 3 rings (SSSR count). The number of ether oxygens (including phenoxy) is 2. The molecule has 7 heteroatoms. The molecule has 0 unspecified atom stereocenters. The van der Waals surface area contributed by atoms with Crippen LogP contribution in [-0.2, 0) is 9.53 Å². The molecule has 3 aromatic rings. The molecule has 142 valence electrons. The zero-order valence-electron chi connectivity index (χ0n) is 15.8. The first-order valence-corrected chi connectivity index (χ1v) is 9.64. The van der Waals surface area contributed by atoms with Crippen LogP contribution in [0.25, 0.3) is 21.3 Å². The van der Waals surface area contributed by atoms with Gasteiger partial charge in [-0.05, 0) is 38.0 Å². The number of carbonyl (C=O) groups is 1. The number of aryl methyl sites for hydroxylation is 1. The molecule has 0 saturated carbocycles. The van der Waals surface area contributed by atoms with Crippen LogP contribution in [0.3, 0.4) is 0 Å². The normalized spacial score (nSPS) is 12.1. The molecule has 1 atom stereocenters. The maximum Gasteiger partial charge on any atom is 0.329 e. The molecule has 0 spiro atoms. The predicted molar refractivity (Wildman–Crippen MR) is 107 cm³/mol. The van der Waals surface area contributed by atoms with Gasteiger partial charge in [0.2, 0.25) is 0 Å². The Labute approximate surface area is 161 Å². The van der Waals surface area contributed by atoms with E-state index in [1.54, 1.807) is 0 Å². The van der Waals surface area contributed by atoms with Crippen LogP contribution < -0.4 is 10.3 Å². The van der Waals surface area contributed by atoms with Crippen LogP contribution >= 0.6 is 11.3 Å². The largest absolute Gasteiger partial charge is 0.494 e. The van der Waals surface area contributed by atoms with Crippen LogP contribution in [0.1, 0.15) is 31.2 Å². The summed E-state index contributed by atoms with van der Waals surface area (Å²) in [5.41, 5.74) is 1.54. The van der Waals surface area contributed by atoms with Gasteiger partial charge in [-0.15, -0.1) is 11.3 Å². The first-order valence-electron chi connectivity index (χ1n) is 8.83. The average Bonchev–Trinajstić information content (AvgIpc) is 3.01. The summed E-state index contributed by atoms with van der Waals surface area (Å²) >= 11 is 1.47. The highest BCUT2D eigenvalue weighted by molar-refractivity contribution is 7.19. The van der Waals surface area contributed by atoms with Crippen molar-refractivity contribution in [2.24, 2.45) is 0 Å². The van der Waals surface area contributed by atoms with Crippen molar-refractivity contribution in [2.45, 2.75) is 33.2 Å². The second kappa shape index (κ2) is 7.92. The first kappa shape index (κ1) is 19.1. The van der Waals surface area contributed by atoms with Gasteiger partial charge in [0.25, 0.3) is 5.56 Å². The van der Waals surface area contributed by atoms with Crippen molar-refractivity contribution in [3.05, 3.63) is 45.8 Å². The number of thiophene rings is 1. The third kappa shape index (κ3) is 3.47. The fraction of sp³-hybridized carbons (Fsp3) is 0.350. The van der Waals surface area contributed by atoms with Crippen molar-refractivity contribution in [1.82, 2.24) is 9.55 Å². The molecule has 0 aliphatic heterocycles. The Bertz CT molecular complexity index is 1020. The number of carbonyl (C=O) groups excluding carboxylic acids is 1. The zero-order valence-corrected chi connectivity index (χ0v) is 16.6. The average molecular weight is 386 g/mol. The lowest BCUT2D eigenvalue weighted by atomic mass is 10.0. The number of hydrogen-bond acceptors (Lipinski definition) is 6. The molecular formula is C20H22N2O4S. The lowest BCUT2D eigenvalue weighted by Crippen LogP contribution is -2.30. The van der Waals surface area contributed by atoms with Crippen LogP contribution in [0.4, 0.5) is 0 Å². The summed E-state index contributed by atoms with van der Waals surface area (Å²) in [4.78, 5) is 31.4. The van der Waals surface area contributed by atoms with Crippen LogP contribution in [0.5, 0.6) is 5.75 Å². The van der Waals surface area contributed by atoms with E-state index in [1.165, 1.54) is 29.3 Å². The monoisotopic (exact) mass is 386 g/mol. The van der Waals surface area contributed by atoms with Gasteiger partial charge in [-0.3, -0.25) is 9.36 Å². The standard InChI is InChI=1S/C20H22N2O4S/c1-5-15(20(24)25-4)22-11-21-18-17(19(22)23)16(12(3)27-18)13-7-9-14(10-8-13)26-6-2/h7-11,15H,5-6H2,1-4H3/t15-/m0/s1. The summed E-state index contributed by atoms with van der Waals surface area (Å²) in [5.74, 6) is 0.334. The fourth-order valence-corrected chi connectivity index (χ4v) is 4.19. The molecule has 0 aliphatic carbocycles. The number of nitrogens with zero attached hydrogens (tertiary/aromatic N) is 2. The molecule has 1 aromatic carbocycles. The van der Waals surface area contributed by atoms with Gasteiger partial charge in [-0.2, -0.15) is 0 Å². The van der Waals surface area contributed by atoms with E-state index in [4.69, 9.17) is 9.47 Å². The smallest absolute Gasteiger partial charge is 0.329 e. The molecule has 0 amide bonds. The van der Waals surface area contributed by atoms with Gasteiger partial charge in [0.15, 0.2) is 0 Å². The van der Waals surface area contributed by atoms with E-state index < -0.39 is 12.0 Å². The molecule has 2 heterocycles. The summed E-state index contributed by atoms with van der Waals surface area (Å²) < 4.78 is 11.7. The fourth-order valence-electron chi connectivity index (χ4n) is 3.18. The van der Waals surface area contributed by atoms with Crippen LogP contribution in [0.15, 0.2) is 35.4 Å². The van der Waals surface area contributed by atoms with Gasteiger partial charge < -0.3 is 9.47 Å². The molecule has 2 aromatic heterocycles. The molecule has 0 fully saturated rings. The number of esters is 1. The highest BCUT2D eigenvalue weighted by Gasteiger charge is 2.24. The van der Waals surface area contributed by atoms with Gasteiger partial charge >= 0.3 is 5.97 Å². The summed E-state index contributed by atoms with van der Waals surface area (Å²) in [6, 6.07) is 6.97. The number of fused-ring (bicyclic) bond motifs is 1. The molecule has 27 heavy (non-hydrogen) atoms. The Hall–Kier alpha value is -2.67. The van der Waals surface area contributed by atoms with Gasteiger partial charge in [-0.1, -0.05) is 19.1 Å². The summed E-state index contributed by atoms with van der Waals surface area (Å²) in [6.45, 7) is 6.34.